The summed E-state index contributed by atoms with van der Waals surface area (Å²) in [4.78, 5) is 0.150. The molecule has 0 radical (unpaired) electrons. The van der Waals surface area contributed by atoms with Gasteiger partial charge in [-0.15, -0.1) is 0 Å². The van der Waals surface area contributed by atoms with Gasteiger partial charge in [0.05, 0.1) is 14.2 Å². The van der Waals surface area contributed by atoms with E-state index in [1.807, 2.05) is 18.2 Å². The number of rotatable bonds is 5. The molecule has 0 aliphatic rings. The Morgan fingerprint density at radius 1 is 0.952 bits per heavy atom. The maximum Gasteiger partial charge on any atom is 0.141 e. The van der Waals surface area contributed by atoms with E-state index in [1.54, 1.807) is 14.2 Å². The van der Waals surface area contributed by atoms with Crippen molar-refractivity contribution in [3.63, 3.8) is 0 Å². The average molecular weight is 414 g/mol. The van der Waals surface area contributed by atoms with Crippen molar-refractivity contribution < 1.29 is 9.47 Å². The molecule has 2 unspecified atom stereocenters. The Balaban J connectivity index is 2.39. The molecule has 2 rings (SSSR count). The Kier molecular flexibility index (Phi) is 5.71. The number of benzene rings is 2. The molecule has 0 N–H and O–H groups in total. The molecular formula is C17H18Br2O2. The number of alkyl halides is 1. The summed E-state index contributed by atoms with van der Waals surface area (Å²) in [5.41, 5.74) is 2.38. The number of ether oxygens (including phenoxy) is 2. The minimum Gasteiger partial charge on any atom is -0.495 e. The van der Waals surface area contributed by atoms with Crippen molar-refractivity contribution in [2.45, 2.75) is 17.7 Å². The summed E-state index contributed by atoms with van der Waals surface area (Å²) < 4.78 is 11.7. The molecular weight excluding hydrogens is 396 g/mol. The average Bonchev–Trinajstić information content (AvgIpc) is 2.54. The zero-order valence-electron chi connectivity index (χ0n) is 12.3. The smallest absolute Gasteiger partial charge is 0.141 e. The molecule has 0 aromatic heterocycles. The zero-order valence-corrected chi connectivity index (χ0v) is 15.4. The predicted octanol–water partition coefficient (Wildman–Crippen LogP) is 5.71. The van der Waals surface area contributed by atoms with Crippen LogP contribution in [0.25, 0.3) is 0 Å². The molecule has 0 amide bonds. The highest BCUT2D eigenvalue weighted by molar-refractivity contribution is 9.10. The van der Waals surface area contributed by atoms with Crippen LogP contribution in [-0.2, 0) is 0 Å². The topological polar surface area (TPSA) is 18.5 Å². The van der Waals surface area contributed by atoms with Crippen LogP contribution < -0.4 is 9.47 Å². The van der Waals surface area contributed by atoms with Crippen LogP contribution in [0.5, 0.6) is 11.5 Å². The number of hydrogen-bond donors (Lipinski definition) is 0. The van der Waals surface area contributed by atoms with Crippen molar-refractivity contribution in [1.29, 1.82) is 0 Å². The fourth-order valence-corrected chi connectivity index (χ4v) is 3.68. The Morgan fingerprint density at radius 2 is 1.62 bits per heavy atom. The Bertz CT molecular complexity index is 599. The molecule has 112 valence electrons. The number of methoxy groups -OCH3 is 2. The van der Waals surface area contributed by atoms with Gasteiger partial charge in [-0.2, -0.15) is 0 Å². The van der Waals surface area contributed by atoms with E-state index in [0.29, 0.717) is 5.92 Å². The van der Waals surface area contributed by atoms with Crippen LogP contribution >= 0.6 is 31.9 Å². The van der Waals surface area contributed by atoms with Crippen molar-refractivity contribution in [3.8, 4) is 11.5 Å². The van der Waals surface area contributed by atoms with Gasteiger partial charge in [-0.05, 0) is 33.5 Å². The highest BCUT2D eigenvalue weighted by atomic mass is 79.9. The summed E-state index contributed by atoms with van der Waals surface area (Å²) in [6, 6.07) is 14.4. The lowest BCUT2D eigenvalue weighted by molar-refractivity contribution is 0.385. The van der Waals surface area contributed by atoms with Crippen molar-refractivity contribution in [1.82, 2.24) is 0 Å². The molecule has 0 spiro atoms. The second-order valence-corrected chi connectivity index (χ2v) is 6.58. The molecule has 4 heteroatoms. The van der Waals surface area contributed by atoms with E-state index in [4.69, 9.17) is 9.47 Å². The van der Waals surface area contributed by atoms with Gasteiger partial charge in [-0.25, -0.2) is 0 Å². The van der Waals surface area contributed by atoms with Gasteiger partial charge < -0.3 is 9.47 Å². The first-order valence-electron chi connectivity index (χ1n) is 6.69. The van der Waals surface area contributed by atoms with Gasteiger partial charge in [0.25, 0.3) is 0 Å². The Labute approximate surface area is 142 Å². The van der Waals surface area contributed by atoms with E-state index in [9.17, 15) is 0 Å². The molecule has 2 aromatic carbocycles. The SMILES string of the molecule is COc1ccc(C(Br)C(C)c2ccccc2)c(OC)c1Br. The lowest BCUT2D eigenvalue weighted by Gasteiger charge is -2.22. The summed E-state index contributed by atoms with van der Waals surface area (Å²) in [6.45, 7) is 2.20. The minimum absolute atomic E-state index is 0.150. The third kappa shape index (κ3) is 3.43. The second kappa shape index (κ2) is 7.32. The van der Waals surface area contributed by atoms with E-state index < -0.39 is 0 Å². The minimum atomic E-state index is 0.150. The predicted molar refractivity (Wildman–Crippen MR) is 93.8 cm³/mol. The van der Waals surface area contributed by atoms with Gasteiger partial charge >= 0.3 is 0 Å². The van der Waals surface area contributed by atoms with Crippen LogP contribution in [0.2, 0.25) is 0 Å². The summed E-state index contributed by atoms with van der Waals surface area (Å²) in [5, 5.41) is 0. The van der Waals surface area contributed by atoms with Crippen LogP contribution in [0, 0.1) is 0 Å². The van der Waals surface area contributed by atoms with Crippen molar-refractivity contribution in [2.75, 3.05) is 14.2 Å². The summed E-state index contributed by atoms with van der Waals surface area (Å²) in [5.74, 6) is 1.89. The normalized spacial score (nSPS) is 13.6. The first kappa shape index (κ1) is 16.4. The molecule has 2 atom stereocenters. The van der Waals surface area contributed by atoms with Crippen LogP contribution in [0.4, 0.5) is 0 Å². The summed E-state index contributed by atoms with van der Waals surface area (Å²) >= 11 is 7.37. The standard InChI is InChI=1S/C17H18Br2O2/c1-11(12-7-5-4-6-8-12)15(18)13-9-10-14(20-2)16(19)17(13)21-3/h4-11,15H,1-3H3. The maximum absolute atomic E-state index is 5.57. The highest BCUT2D eigenvalue weighted by Crippen LogP contribution is 2.46. The highest BCUT2D eigenvalue weighted by Gasteiger charge is 2.23. The van der Waals surface area contributed by atoms with Crippen LogP contribution in [-0.4, -0.2) is 14.2 Å². The molecule has 0 heterocycles. The van der Waals surface area contributed by atoms with E-state index in [1.165, 1.54) is 5.56 Å². The zero-order chi connectivity index (χ0) is 15.4. The molecule has 0 saturated carbocycles. The second-order valence-electron chi connectivity index (χ2n) is 4.81. The van der Waals surface area contributed by atoms with Crippen LogP contribution in [0.3, 0.4) is 0 Å². The van der Waals surface area contributed by atoms with Gasteiger partial charge in [-0.3, -0.25) is 0 Å². The summed E-state index contributed by atoms with van der Waals surface area (Å²) in [6.07, 6.45) is 0. The van der Waals surface area contributed by atoms with Crippen LogP contribution in [0.15, 0.2) is 46.9 Å². The molecule has 0 aliphatic heterocycles. The number of halogens is 2. The van der Waals surface area contributed by atoms with Crippen molar-refractivity contribution in [3.05, 3.63) is 58.1 Å². The fourth-order valence-electron chi connectivity index (χ4n) is 2.33. The van der Waals surface area contributed by atoms with Gasteiger partial charge in [0.1, 0.15) is 16.0 Å². The maximum atomic E-state index is 5.57. The van der Waals surface area contributed by atoms with E-state index in [-0.39, 0.29) is 4.83 Å². The molecule has 2 aromatic rings. The largest absolute Gasteiger partial charge is 0.495 e. The van der Waals surface area contributed by atoms with Gasteiger partial charge in [-0.1, -0.05) is 59.3 Å². The molecule has 0 bridgehead atoms. The lowest BCUT2D eigenvalue weighted by atomic mass is 9.93. The first-order valence-corrected chi connectivity index (χ1v) is 8.40. The molecule has 2 nitrogen and oxygen atoms in total. The Morgan fingerprint density at radius 3 is 2.19 bits per heavy atom. The van der Waals surface area contributed by atoms with Gasteiger partial charge in [0.2, 0.25) is 0 Å². The van der Waals surface area contributed by atoms with Crippen molar-refractivity contribution in [2.24, 2.45) is 0 Å². The Hall–Kier alpha value is -1.00. The molecule has 21 heavy (non-hydrogen) atoms. The molecule has 0 saturated heterocycles. The number of hydrogen-bond acceptors (Lipinski definition) is 2. The van der Waals surface area contributed by atoms with Crippen LogP contribution in [0.1, 0.15) is 28.8 Å². The summed E-state index contributed by atoms with van der Waals surface area (Å²) in [7, 11) is 3.33. The van der Waals surface area contributed by atoms with Gasteiger partial charge in [0.15, 0.2) is 0 Å². The monoisotopic (exact) mass is 412 g/mol. The first-order chi connectivity index (χ1) is 10.1. The van der Waals surface area contributed by atoms with Gasteiger partial charge in [0, 0.05) is 10.4 Å². The van der Waals surface area contributed by atoms with Crippen molar-refractivity contribution >= 4 is 31.9 Å². The van der Waals surface area contributed by atoms with E-state index >= 15 is 0 Å². The third-order valence-electron chi connectivity index (χ3n) is 3.58. The quantitative estimate of drug-likeness (QED) is 0.584. The van der Waals surface area contributed by atoms with E-state index in [2.05, 4.69) is 63.0 Å². The van der Waals surface area contributed by atoms with E-state index in [0.717, 1.165) is 21.5 Å². The molecule has 0 aliphatic carbocycles. The lowest BCUT2D eigenvalue weighted by Crippen LogP contribution is -2.05. The molecule has 0 fully saturated rings. The third-order valence-corrected chi connectivity index (χ3v) is 5.61. The fraction of sp³-hybridized carbons (Fsp3) is 0.294.